The van der Waals surface area contributed by atoms with Crippen molar-refractivity contribution in [3.05, 3.63) is 42.5 Å². The number of nitrogens with one attached hydrogen (secondary N) is 1. The van der Waals surface area contributed by atoms with Crippen molar-refractivity contribution in [2.45, 2.75) is 11.8 Å². The largest absolute Gasteiger partial charge is 0.454 e. The van der Waals surface area contributed by atoms with E-state index in [-0.39, 0.29) is 35.1 Å². The molecule has 1 N–H and O–H groups in total. The van der Waals surface area contributed by atoms with Gasteiger partial charge in [0.05, 0.1) is 11.4 Å². The minimum atomic E-state index is -2.99. The normalized spacial score (nSPS) is 12.2. The van der Waals surface area contributed by atoms with Crippen LogP contribution in [0.4, 0.5) is 14.5 Å². The molecular formula is C18H13F2N3O5S. The molecule has 1 amide bonds. The number of fused-ring (bicyclic) bond motifs is 1. The van der Waals surface area contributed by atoms with Crippen LogP contribution in [-0.2, 0) is 4.79 Å². The van der Waals surface area contributed by atoms with Crippen LogP contribution in [0.5, 0.6) is 17.2 Å². The molecule has 0 saturated heterocycles. The maximum absolute atomic E-state index is 12.4. The minimum absolute atomic E-state index is 0.0637. The van der Waals surface area contributed by atoms with Gasteiger partial charge in [0.15, 0.2) is 11.5 Å². The number of thioether (sulfide) groups is 1. The Kier molecular flexibility index (Phi) is 5.47. The fourth-order valence-corrected chi connectivity index (χ4v) is 3.06. The zero-order valence-corrected chi connectivity index (χ0v) is 15.4. The van der Waals surface area contributed by atoms with Crippen molar-refractivity contribution in [2.24, 2.45) is 0 Å². The fourth-order valence-electron chi connectivity index (χ4n) is 2.50. The molecule has 1 aromatic heterocycles. The third-order valence-corrected chi connectivity index (χ3v) is 4.55. The van der Waals surface area contributed by atoms with E-state index in [1.807, 2.05) is 0 Å². The van der Waals surface area contributed by atoms with Crippen molar-refractivity contribution < 1.29 is 32.2 Å². The number of amides is 1. The Morgan fingerprint density at radius 3 is 2.86 bits per heavy atom. The Morgan fingerprint density at radius 2 is 2.00 bits per heavy atom. The summed E-state index contributed by atoms with van der Waals surface area (Å²) in [7, 11) is 0. The van der Waals surface area contributed by atoms with E-state index >= 15 is 0 Å². The van der Waals surface area contributed by atoms with Crippen LogP contribution in [0.2, 0.25) is 0 Å². The summed E-state index contributed by atoms with van der Waals surface area (Å²) < 4.78 is 45.4. The molecule has 2 heterocycles. The van der Waals surface area contributed by atoms with Crippen LogP contribution in [0.25, 0.3) is 11.5 Å². The molecule has 0 radical (unpaired) electrons. The van der Waals surface area contributed by atoms with Gasteiger partial charge >= 0.3 is 6.61 Å². The number of alkyl halides is 2. The lowest BCUT2D eigenvalue weighted by Crippen LogP contribution is -2.15. The summed E-state index contributed by atoms with van der Waals surface area (Å²) >= 11 is 1.01. The number of anilines is 1. The first kappa shape index (κ1) is 19.0. The SMILES string of the molecule is O=C(CSc1nnc(-c2ccc3c(c2)OCO3)o1)Nc1ccccc1OC(F)F. The van der Waals surface area contributed by atoms with Crippen molar-refractivity contribution in [1.82, 2.24) is 10.2 Å². The Hall–Kier alpha value is -3.34. The van der Waals surface area contributed by atoms with Crippen molar-refractivity contribution >= 4 is 23.4 Å². The average Bonchev–Trinajstić information content (AvgIpc) is 3.36. The highest BCUT2D eigenvalue weighted by Gasteiger charge is 2.18. The predicted molar refractivity (Wildman–Crippen MR) is 98.3 cm³/mol. The first-order valence-corrected chi connectivity index (χ1v) is 9.27. The zero-order valence-electron chi connectivity index (χ0n) is 14.6. The van der Waals surface area contributed by atoms with E-state index in [0.717, 1.165) is 11.8 Å². The highest BCUT2D eigenvalue weighted by Crippen LogP contribution is 2.36. The maximum Gasteiger partial charge on any atom is 0.387 e. The molecule has 0 spiro atoms. The Labute approximate surface area is 167 Å². The molecule has 0 bridgehead atoms. The smallest absolute Gasteiger partial charge is 0.387 e. The van der Waals surface area contributed by atoms with Gasteiger partial charge in [-0.25, -0.2) is 0 Å². The summed E-state index contributed by atoms with van der Waals surface area (Å²) in [6.07, 6.45) is 0. The third kappa shape index (κ3) is 4.57. The van der Waals surface area contributed by atoms with Gasteiger partial charge in [-0.1, -0.05) is 23.9 Å². The number of rotatable bonds is 7. The van der Waals surface area contributed by atoms with Crippen LogP contribution in [0, 0.1) is 0 Å². The first-order valence-electron chi connectivity index (χ1n) is 8.28. The van der Waals surface area contributed by atoms with Gasteiger partial charge in [-0.2, -0.15) is 8.78 Å². The molecule has 0 unspecified atom stereocenters. The average molecular weight is 421 g/mol. The molecule has 2 aromatic carbocycles. The van der Waals surface area contributed by atoms with Gasteiger partial charge in [0, 0.05) is 5.56 Å². The molecule has 0 fully saturated rings. The number of ether oxygens (including phenoxy) is 3. The van der Waals surface area contributed by atoms with Crippen LogP contribution >= 0.6 is 11.8 Å². The van der Waals surface area contributed by atoms with Crippen LogP contribution < -0.4 is 19.5 Å². The Balaban J connectivity index is 1.36. The summed E-state index contributed by atoms with van der Waals surface area (Å²) in [5, 5.41) is 10.5. The quantitative estimate of drug-likeness (QED) is 0.576. The van der Waals surface area contributed by atoms with Crippen LogP contribution in [0.3, 0.4) is 0 Å². The summed E-state index contributed by atoms with van der Waals surface area (Å²) in [5.74, 6) is 0.856. The molecule has 0 aliphatic carbocycles. The number of carbonyl (C=O) groups excluding carboxylic acids is 1. The summed E-state index contributed by atoms with van der Waals surface area (Å²) in [4.78, 5) is 12.1. The number of hydrogen-bond acceptors (Lipinski definition) is 8. The van der Waals surface area contributed by atoms with Crippen LogP contribution in [0.15, 0.2) is 52.1 Å². The second-order valence-electron chi connectivity index (χ2n) is 5.65. The van der Waals surface area contributed by atoms with Crippen molar-refractivity contribution in [1.29, 1.82) is 0 Å². The second-order valence-corrected chi connectivity index (χ2v) is 6.58. The highest BCUT2D eigenvalue weighted by molar-refractivity contribution is 7.99. The van der Waals surface area contributed by atoms with Gasteiger partial charge in [0.25, 0.3) is 5.22 Å². The zero-order chi connectivity index (χ0) is 20.2. The van der Waals surface area contributed by atoms with Gasteiger partial charge in [0.2, 0.25) is 18.6 Å². The van der Waals surface area contributed by atoms with E-state index in [2.05, 4.69) is 20.3 Å². The molecule has 0 saturated carbocycles. The van der Waals surface area contributed by atoms with Crippen molar-refractivity contribution in [3.63, 3.8) is 0 Å². The fraction of sp³-hybridized carbons (Fsp3) is 0.167. The van der Waals surface area contributed by atoms with Crippen molar-refractivity contribution in [3.8, 4) is 28.7 Å². The monoisotopic (exact) mass is 421 g/mol. The first-order chi connectivity index (χ1) is 14.1. The Morgan fingerprint density at radius 1 is 1.17 bits per heavy atom. The number of aromatic nitrogens is 2. The lowest BCUT2D eigenvalue weighted by molar-refractivity contribution is -0.113. The van der Waals surface area contributed by atoms with Gasteiger partial charge in [-0.05, 0) is 30.3 Å². The maximum atomic E-state index is 12.4. The van der Waals surface area contributed by atoms with E-state index in [0.29, 0.717) is 17.1 Å². The molecule has 4 rings (SSSR count). The number of benzene rings is 2. The predicted octanol–water partition coefficient (Wildman–Crippen LogP) is 3.80. The highest BCUT2D eigenvalue weighted by atomic mass is 32.2. The van der Waals surface area contributed by atoms with Crippen molar-refractivity contribution in [2.75, 3.05) is 17.9 Å². The third-order valence-electron chi connectivity index (χ3n) is 3.73. The number of nitrogens with zero attached hydrogens (tertiary/aromatic N) is 2. The van der Waals surface area contributed by atoms with Gasteiger partial charge in [0.1, 0.15) is 5.75 Å². The lowest BCUT2D eigenvalue weighted by Gasteiger charge is -2.11. The van der Waals surface area contributed by atoms with E-state index < -0.39 is 12.5 Å². The Bertz CT molecular complexity index is 1030. The molecule has 0 atom stereocenters. The molecular weight excluding hydrogens is 408 g/mol. The number of para-hydroxylation sites is 2. The van der Waals surface area contributed by atoms with Crippen LogP contribution in [0.1, 0.15) is 0 Å². The number of halogens is 2. The topological polar surface area (TPSA) is 95.7 Å². The summed E-state index contributed by atoms with van der Waals surface area (Å²) in [6, 6.07) is 11.1. The minimum Gasteiger partial charge on any atom is -0.454 e. The van der Waals surface area contributed by atoms with Gasteiger partial charge in [-0.15, -0.1) is 10.2 Å². The molecule has 3 aromatic rings. The number of hydrogen-bond donors (Lipinski definition) is 1. The van der Waals surface area contributed by atoms with Gasteiger partial charge < -0.3 is 23.9 Å². The van der Waals surface area contributed by atoms with Crippen LogP contribution in [-0.4, -0.2) is 35.3 Å². The van der Waals surface area contributed by atoms with E-state index in [9.17, 15) is 13.6 Å². The lowest BCUT2D eigenvalue weighted by atomic mass is 10.2. The summed E-state index contributed by atoms with van der Waals surface area (Å²) in [6.45, 7) is -2.83. The molecule has 1 aliphatic rings. The standard InChI is InChI=1S/C18H13F2N3O5S/c19-17(20)27-12-4-2-1-3-11(12)21-15(24)8-29-18-23-22-16(28-18)10-5-6-13-14(7-10)26-9-25-13/h1-7,17H,8-9H2,(H,21,24). The van der Waals surface area contributed by atoms with E-state index in [1.54, 1.807) is 24.3 Å². The molecule has 150 valence electrons. The van der Waals surface area contributed by atoms with E-state index in [4.69, 9.17) is 13.9 Å². The second kappa shape index (κ2) is 8.35. The molecule has 29 heavy (non-hydrogen) atoms. The summed E-state index contributed by atoms with van der Waals surface area (Å²) in [5.41, 5.74) is 0.793. The molecule has 1 aliphatic heterocycles. The molecule has 8 nitrogen and oxygen atoms in total. The molecule has 11 heteroatoms. The van der Waals surface area contributed by atoms with E-state index in [1.165, 1.54) is 18.2 Å². The number of carbonyl (C=O) groups is 1. The van der Waals surface area contributed by atoms with Gasteiger partial charge in [-0.3, -0.25) is 4.79 Å².